The molecule has 2 aliphatic rings. The molecule has 1 aromatic carbocycles. The first kappa shape index (κ1) is 15.7. The summed E-state index contributed by atoms with van der Waals surface area (Å²) in [4.78, 5) is 2.73. The number of nitrogens with zero attached hydrogens (tertiary/aromatic N) is 1. The number of halogens is 1. The summed E-state index contributed by atoms with van der Waals surface area (Å²) in [5.41, 5.74) is 4.86. The lowest BCUT2D eigenvalue weighted by atomic mass is 9.83. The van der Waals surface area contributed by atoms with Gasteiger partial charge in [-0.15, -0.1) is 0 Å². The number of likely N-dealkylation sites (tertiary alicyclic amines) is 1. The summed E-state index contributed by atoms with van der Waals surface area (Å²) in [6.45, 7) is 2.51. The van der Waals surface area contributed by atoms with Crippen LogP contribution in [0.4, 0.5) is 0 Å². The Hall–Kier alpha value is -0.170. The van der Waals surface area contributed by atoms with E-state index in [0.29, 0.717) is 6.04 Å². The molecule has 3 rings (SSSR count). The van der Waals surface area contributed by atoms with Crippen LogP contribution in [0, 0.1) is 3.57 Å². The van der Waals surface area contributed by atoms with Gasteiger partial charge in [-0.3, -0.25) is 16.2 Å². The van der Waals surface area contributed by atoms with Gasteiger partial charge in [0.2, 0.25) is 0 Å². The number of benzene rings is 1. The quantitative estimate of drug-likeness (QED) is 0.454. The minimum atomic E-state index is 0.286. The van der Waals surface area contributed by atoms with Gasteiger partial charge in [0.1, 0.15) is 0 Å². The van der Waals surface area contributed by atoms with Crippen molar-refractivity contribution in [1.82, 2.24) is 10.3 Å². The van der Waals surface area contributed by atoms with Crippen LogP contribution in [-0.4, -0.2) is 29.6 Å². The molecule has 1 aromatic rings. The van der Waals surface area contributed by atoms with Crippen molar-refractivity contribution >= 4 is 22.6 Å². The van der Waals surface area contributed by atoms with Gasteiger partial charge in [0, 0.05) is 15.2 Å². The van der Waals surface area contributed by atoms with Crippen molar-refractivity contribution in [2.75, 3.05) is 13.1 Å². The molecule has 3 nitrogen and oxygen atoms in total. The summed E-state index contributed by atoms with van der Waals surface area (Å²) in [6, 6.07) is 9.25. The Morgan fingerprint density at radius 2 is 1.71 bits per heavy atom. The van der Waals surface area contributed by atoms with E-state index in [9.17, 15) is 0 Å². The number of hydrogen-bond acceptors (Lipinski definition) is 3. The SMILES string of the molecule is NNC(Cc1ccc(I)cc1)C1(N2CCCC2)CCCC1. The van der Waals surface area contributed by atoms with Gasteiger partial charge in [-0.25, -0.2) is 0 Å². The van der Waals surface area contributed by atoms with Gasteiger partial charge in [-0.1, -0.05) is 25.0 Å². The highest BCUT2D eigenvalue weighted by Gasteiger charge is 2.46. The summed E-state index contributed by atoms with van der Waals surface area (Å²) in [5.74, 6) is 6.00. The zero-order valence-electron chi connectivity index (χ0n) is 12.7. The second kappa shape index (κ2) is 6.94. The molecular formula is C17H26IN3. The lowest BCUT2D eigenvalue weighted by molar-refractivity contribution is 0.0766. The van der Waals surface area contributed by atoms with Crippen LogP contribution in [0.15, 0.2) is 24.3 Å². The minimum Gasteiger partial charge on any atom is -0.296 e. The lowest BCUT2D eigenvalue weighted by Gasteiger charge is -2.45. The topological polar surface area (TPSA) is 41.3 Å². The van der Waals surface area contributed by atoms with Crippen LogP contribution >= 0.6 is 22.6 Å². The van der Waals surface area contributed by atoms with Crippen LogP contribution in [0.25, 0.3) is 0 Å². The standard InChI is InChI=1S/C17H26IN3/c18-15-7-5-14(6-8-15)13-16(20-19)17(9-1-2-10-17)21-11-3-4-12-21/h5-8,16,20H,1-4,9-13,19H2. The Morgan fingerprint density at radius 1 is 1.10 bits per heavy atom. The third-order valence-electron chi connectivity index (χ3n) is 5.41. The molecule has 1 saturated heterocycles. The Labute approximate surface area is 141 Å². The van der Waals surface area contributed by atoms with Crippen LogP contribution in [0.5, 0.6) is 0 Å². The van der Waals surface area contributed by atoms with E-state index in [1.165, 1.54) is 60.7 Å². The molecular weight excluding hydrogens is 373 g/mol. The monoisotopic (exact) mass is 399 g/mol. The van der Waals surface area contributed by atoms with E-state index in [-0.39, 0.29) is 5.54 Å². The normalized spacial score (nSPS) is 23.5. The molecule has 0 bridgehead atoms. The summed E-state index contributed by atoms with van der Waals surface area (Å²) in [7, 11) is 0. The second-order valence-corrected chi connectivity index (χ2v) is 7.80. The maximum absolute atomic E-state index is 6.00. The molecule has 1 saturated carbocycles. The molecule has 0 spiro atoms. The van der Waals surface area contributed by atoms with Gasteiger partial charge in [-0.2, -0.15) is 0 Å². The Bertz CT molecular complexity index is 448. The largest absolute Gasteiger partial charge is 0.296 e. The average molecular weight is 399 g/mol. The number of nitrogens with one attached hydrogen (secondary N) is 1. The predicted octanol–water partition coefficient (Wildman–Crippen LogP) is 3.07. The van der Waals surface area contributed by atoms with Crippen molar-refractivity contribution in [3.05, 3.63) is 33.4 Å². The van der Waals surface area contributed by atoms with Gasteiger partial charge in [0.05, 0.1) is 0 Å². The van der Waals surface area contributed by atoms with E-state index < -0.39 is 0 Å². The third kappa shape index (κ3) is 3.28. The number of hydrogen-bond donors (Lipinski definition) is 2. The molecule has 0 radical (unpaired) electrons. The Balaban J connectivity index is 1.80. The molecule has 0 amide bonds. The van der Waals surface area contributed by atoms with Crippen LogP contribution in [0.3, 0.4) is 0 Å². The second-order valence-electron chi connectivity index (χ2n) is 6.55. The first-order chi connectivity index (χ1) is 10.2. The van der Waals surface area contributed by atoms with E-state index in [1.54, 1.807) is 0 Å². The van der Waals surface area contributed by atoms with Crippen molar-refractivity contribution in [1.29, 1.82) is 0 Å². The van der Waals surface area contributed by atoms with Crippen molar-refractivity contribution in [2.45, 2.75) is 56.5 Å². The van der Waals surface area contributed by atoms with Gasteiger partial charge in [0.15, 0.2) is 0 Å². The molecule has 1 heterocycles. The fraction of sp³-hybridized carbons (Fsp3) is 0.647. The molecule has 2 fully saturated rings. The first-order valence-corrected chi connectivity index (χ1v) is 9.28. The molecule has 4 heteroatoms. The van der Waals surface area contributed by atoms with Gasteiger partial charge >= 0.3 is 0 Å². The first-order valence-electron chi connectivity index (χ1n) is 8.20. The minimum absolute atomic E-state index is 0.286. The van der Waals surface area contributed by atoms with Gasteiger partial charge in [-0.05, 0) is 85.5 Å². The molecule has 1 aliphatic heterocycles. The fourth-order valence-electron chi connectivity index (χ4n) is 4.29. The Kier molecular flexibility index (Phi) is 5.19. The van der Waals surface area contributed by atoms with Crippen LogP contribution in [0.1, 0.15) is 44.1 Å². The molecule has 1 unspecified atom stereocenters. The molecule has 0 aromatic heterocycles. The summed E-state index contributed by atoms with van der Waals surface area (Å²) < 4.78 is 1.30. The zero-order valence-corrected chi connectivity index (χ0v) is 14.8. The molecule has 21 heavy (non-hydrogen) atoms. The summed E-state index contributed by atoms with van der Waals surface area (Å²) >= 11 is 2.36. The summed E-state index contributed by atoms with van der Waals surface area (Å²) in [5, 5.41) is 0. The fourth-order valence-corrected chi connectivity index (χ4v) is 4.65. The highest BCUT2D eigenvalue weighted by molar-refractivity contribution is 14.1. The molecule has 116 valence electrons. The third-order valence-corrected chi connectivity index (χ3v) is 6.13. The predicted molar refractivity (Wildman–Crippen MR) is 96.0 cm³/mol. The summed E-state index contributed by atoms with van der Waals surface area (Å²) in [6.07, 6.45) is 9.02. The molecule has 1 aliphatic carbocycles. The highest BCUT2D eigenvalue weighted by Crippen LogP contribution is 2.40. The lowest BCUT2D eigenvalue weighted by Crippen LogP contribution is -2.61. The van der Waals surface area contributed by atoms with Crippen molar-refractivity contribution in [2.24, 2.45) is 5.84 Å². The van der Waals surface area contributed by atoms with Crippen molar-refractivity contribution in [3.8, 4) is 0 Å². The van der Waals surface area contributed by atoms with Crippen LogP contribution in [-0.2, 0) is 6.42 Å². The number of rotatable bonds is 5. The maximum Gasteiger partial charge on any atom is 0.0435 e. The average Bonchev–Trinajstić information content (AvgIpc) is 3.18. The van der Waals surface area contributed by atoms with Gasteiger partial charge < -0.3 is 0 Å². The molecule has 1 atom stereocenters. The van der Waals surface area contributed by atoms with Crippen LogP contribution < -0.4 is 11.3 Å². The van der Waals surface area contributed by atoms with E-state index in [2.05, 4.69) is 57.2 Å². The maximum atomic E-state index is 6.00. The smallest absolute Gasteiger partial charge is 0.0435 e. The Morgan fingerprint density at radius 3 is 2.29 bits per heavy atom. The number of nitrogens with two attached hydrogens (primary N) is 1. The van der Waals surface area contributed by atoms with Crippen LogP contribution in [0.2, 0.25) is 0 Å². The molecule has 3 N–H and O–H groups in total. The van der Waals surface area contributed by atoms with E-state index >= 15 is 0 Å². The van der Waals surface area contributed by atoms with E-state index in [0.717, 1.165) is 6.42 Å². The number of hydrazine groups is 1. The van der Waals surface area contributed by atoms with Crippen molar-refractivity contribution in [3.63, 3.8) is 0 Å². The zero-order chi connectivity index (χ0) is 14.7. The van der Waals surface area contributed by atoms with E-state index in [4.69, 9.17) is 5.84 Å². The van der Waals surface area contributed by atoms with Gasteiger partial charge in [0.25, 0.3) is 0 Å². The highest BCUT2D eigenvalue weighted by atomic mass is 127. The van der Waals surface area contributed by atoms with Crippen molar-refractivity contribution < 1.29 is 0 Å². The van der Waals surface area contributed by atoms with E-state index in [1.807, 2.05) is 0 Å².